The third-order valence-corrected chi connectivity index (χ3v) is 7.28. The molecule has 0 radical (unpaired) electrons. The van der Waals surface area contributed by atoms with Crippen LogP contribution in [0.3, 0.4) is 0 Å². The molecule has 1 fully saturated rings. The molecule has 1 N–H and O–H groups in total. The number of nitrogens with one attached hydrogen (secondary N) is 1. The molecule has 1 saturated heterocycles. The Balaban J connectivity index is 1.79. The van der Waals surface area contributed by atoms with Crippen molar-refractivity contribution in [1.29, 1.82) is 0 Å². The molecule has 5 nitrogen and oxygen atoms in total. The SMILES string of the molecule is CC(C)(C)OC(=O)N1CCC2(CC1)Cc1ccccc1C2NS(=O)C(C)(C)C. The Bertz CT molecular complexity index is 756. The second kappa shape index (κ2) is 7.45. The molecule has 0 saturated carbocycles. The van der Waals surface area contributed by atoms with Crippen LogP contribution in [0.2, 0.25) is 0 Å². The first-order valence-corrected chi connectivity index (χ1v) is 11.3. The molecule has 1 aliphatic carbocycles. The molecular weight excluding hydrogens is 372 g/mol. The third-order valence-electron chi connectivity index (χ3n) is 5.71. The van der Waals surface area contributed by atoms with Crippen LogP contribution < -0.4 is 4.72 Å². The minimum atomic E-state index is -1.15. The van der Waals surface area contributed by atoms with E-state index in [1.165, 1.54) is 11.1 Å². The van der Waals surface area contributed by atoms with Crippen molar-refractivity contribution in [3.63, 3.8) is 0 Å². The maximum atomic E-state index is 12.9. The first-order chi connectivity index (χ1) is 12.9. The summed E-state index contributed by atoms with van der Waals surface area (Å²) >= 11 is 0. The lowest BCUT2D eigenvalue weighted by Gasteiger charge is -2.44. The number of carbonyl (C=O) groups excluding carboxylic acids is 1. The minimum absolute atomic E-state index is 0.0108. The Kier molecular flexibility index (Phi) is 5.67. The number of benzene rings is 1. The van der Waals surface area contributed by atoms with Gasteiger partial charge in [0.1, 0.15) is 5.60 Å². The van der Waals surface area contributed by atoms with Gasteiger partial charge in [0, 0.05) is 13.1 Å². The molecule has 0 bridgehead atoms. The van der Waals surface area contributed by atoms with Crippen LogP contribution in [0.25, 0.3) is 0 Å². The Morgan fingerprint density at radius 1 is 1.14 bits per heavy atom. The van der Waals surface area contributed by atoms with Crippen LogP contribution in [0.4, 0.5) is 4.79 Å². The molecular formula is C22H34N2O3S. The number of rotatable bonds is 2. The summed E-state index contributed by atoms with van der Waals surface area (Å²) in [5.74, 6) is 0. The van der Waals surface area contributed by atoms with Crippen LogP contribution >= 0.6 is 0 Å². The quantitative estimate of drug-likeness (QED) is 0.794. The average Bonchev–Trinajstić information content (AvgIpc) is 2.86. The zero-order valence-corrected chi connectivity index (χ0v) is 18.8. The summed E-state index contributed by atoms with van der Waals surface area (Å²) in [7, 11) is -1.15. The summed E-state index contributed by atoms with van der Waals surface area (Å²) in [6.45, 7) is 13.0. The van der Waals surface area contributed by atoms with Gasteiger partial charge >= 0.3 is 6.09 Å². The van der Waals surface area contributed by atoms with Crippen LogP contribution in [0.15, 0.2) is 24.3 Å². The van der Waals surface area contributed by atoms with Gasteiger partial charge in [0.2, 0.25) is 0 Å². The first kappa shape index (κ1) is 21.3. The fraction of sp³-hybridized carbons (Fsp3) is 0.682. The van der Waals surface area contributed by atoms with Gasteiger partial charge in [-0.3, -0.25) is 0 Å². The first-order valence-electron chi connectivity index (χ1n) is 10.2. The van der Waals surface area contributed by atoms with Crippen molar-refractivity contribution >= 4 is 17.1 Å². The summed E-state index contributed by atoms with van der Waals surface area (Å²) < 4.78 is 21.6. The molecule has 2 unspecified atom stereocenters. The molecule has 1 aromatic carbocycles. The highest BCUT2D eigenvalue weighted by Gasteiger charge is 2.49. The summed E-state index contributed by atoms with van der Waals surface area (Å²) in [6.07, 6.45) is 2.48. The average molecular weight is 407 g/mol. The predicted molar refractivity (Wildman–Crippen MR) is 113 cm³/mol. The molecule has 1 aliphatic heterocycles. The zero-order valence-electron chi connectivity index (χ0n) is 18.0. The molecule has 3 rings (SSSR count). The molecule has 28 heavy (non-hydrogen) atoms. The number of nitrogens with zero attached hydrogens (tertiary/aromatic N) is 1. The number of hydrogen-bond donors (Lipinski definition) is 1. The van der Waals surface area contributed by atoms with Crippen molar-refractivity contribution in [3.8, 4) is 0 Å². The summed E-state index contributed by atoms with van der Waals surface area (Å²) in [4.78, 5) is 14.3. The van der Waals surface area contributed by atoms with E-state index in [1.54, 1.807) is 0 Å². The fourth-order valence-corrected chi connectivity index (χ4v) is 5.13. The number of fused-ring (bicyclic) bond motifs is 1. The topological polar surface area (TPSA) is 58.6 Å². The van der Waals surface area contributed by atoms with Gasteiger partial charge in [-0.15, -0.1) is 0 Å². The molecule has 2 atom stereocenters. The van der Waals surface area contributed by atoms with E-state index in [-0.39, 0.29) is 22.3 Å². The van der Waals surface area contributed by atoms with Gasteiger partial charge in [-0.05, 0) is 77.3 Å². The summed E-state index contributed by atoms with van der Waals surface area (Å²) in [5.41, 5.74) is 2.09. The number of piperidine rings is 1. The molecule has 1 spiro atoms. The zero-order chi connectivity index (χ0) is 20.7. The van der Waals surface area contributed by atoms with Crippen molar-refractivity contribution < 1.29 is 13.7 Å². The predicted octanol–water partition coefficient (Wildman–Crippen LogP) is 4.35. The van der Waals surface area contributed by atoms with Crippen LogP contribution in [0.1, 0.15) is 71.6 Å². The highest BCUT2D eigenvalue weighted by Crippen LogP contribution is 2.52. The molecule has 0 aromatic heterocycles. The van der Waals surface area contributed by atoms with E-state index in [4.69, 9.17) is 4.74 Å². The van der Waals surface area contributed by atoms with Crippen molar-refractivity contribution in [2.75, 3.05) is 13.1 Å². The number of amides is 1. The number of carbonyl (C=O) groups is 1. The number of likely N-dealkylation sites (tertiary alicyclic amines) is 1. The van der Waals surface area contributed by atoms with Crippen LogP contribution in [0, 0.1) is 5.41 Å². The van der Waals surface area contributed by atoms with Crippen molar-refractivity contribution in [1.82, 2.24) is 9.62 Å². The van der Waals surface area contributed by atoms with Gasteiger partial charge in [0.05, 0.1) is 21.8 Å². The van der Waals surface area contributed by atoms with E-state index in [2.05, 4.69) is 29.0 Å². The monoisotopic (exact) mass is 406 g/mol. The van der Waals surface area contributed by atoms with Gasteiger partial charge in [0.25, 0.3) is 0 Å². The summed E-state index contributed by atoms with van der Waals surface area (Å²) in [5, 5.41) is 0. The lowest BCUT2D eigenvalue weighted by atomic mass is 9.73. The van der Waals surface area contributed by atoms with Crippen LogP contribution in [0.5, 0.6) is 0 Å². The van der Waals surface area contributed by atoms with E-state index in [1.807, 2.05) is 46.4 Å². The Labute approximate surface area is 171 Å². The van der Waals surface area contributed by atoms with Crippen LogP contribution in [-0.2, 0) is 22.1 Å². The maximum absolute atomic E-state index is 12.9. The number of hydrogen-bond acceptors (Lipinski definition) is 3. The normalized spacial score (nSPS) is 22.8. The van der Waals surface area contributed by atoms with Gasteiger partial charge in [0.15, 0.2) is 0 Å². The van der Waals surface area contributed by atoms with E-state index in [0.717, 1.165) is 19.3 Å². The highest BCUT2D eigenvalue weighted by molar-refractivity contribution is 7.84. The maximum Gasteiger partial charge on any atom is 0.410 e. The van der Waals surface area contributed by atoms with Gasteiger partial charge in [-0.25, -0.2) is 13.7 Å². The largest absolute Gasteiger partial charge is 0.444 e. The second-order valence-electron chi connectivity index (χ2n) is 10.1. The molecule has 156 valence electrons. The Morgan fingerprint density at radius 3 is 2.32 bits per heavy atom. The molecule has 1 heterocycles. The van der Waals surface area contributed by atoms with Gasteiger partial charge < -0.3 is 9.64 Å². The van der Waals surface area contributed by atoms with Gasteiger partial charge in [-0.1, -0.05) is 24.3 Å². The highest BCUT2D eigenvalue weighted by atomic mass is 32.2. The summed E-state index contributed by atoms with van der Waals surface area (Å²) in [6, 6.07) is 8.51. The Morgan fingerprint density at radius 2 is 1.75 bits per heavy atom. The lowest BCUT2D eigenvalue weighted by molar-refractivity contribution is 0.00724. The minimum Gasteiger partial charge on any atom is -0.444 e. The van der Waals surface area contributed by atoms with Crippen molar-refractivity contribution in [3.05, 3.63) is 35.4 Å². The molecule has 6 heteroatoms. The third kappa shape index (κ3) is 4.43. The van der Waals surface area contributed by atoms with E-state index < -0.39 is 16.6 Å². The molecule has 1 aromatic rings. The molecule has 2 aliphatic rings. The van der Waals surface area contributed by atoms with Gasteiger partial charge in [-0.2, -0.15) is 0 Å². The van der Waals surface area contributed by atoms with Crippen LogP contribution in [-0.4, -0.2) is 38.6 Å². The van der Waals surface area contributed by atoms with E-state index >= 15 is 0 Å². The van der Waals surface area contributed by atoms with E-state index in [9.17, 15) is 9.00 Å². The molecule has 1 amide bonds. The number of ether oxygens (including phenoxy) is 1. The fourth-order valence-electron chi connectivity index (χ4n) is 4.19. The second-order valence-corrected chi connectivity index (χ2v) is 12.1. The smallest absolute Gasteiger partial charge is 0.410 e. The van der Waals surface area contributed by atoms with E-state index in [0.29, 0.717) is 13.1 Å². The Hall–Kier alpha value is -1.40. The van der Waals surface area contributed by atoms with Crippen molar-refractivity contribution in [2.45, 2.75) is 77.2 Å². The lowest BCUT2D eigenvalue weighted by Crippen LogP contribution is -2.49. The van der Waals surface area contributed by atoms with Crippen molar-refractivity contribution in [2.24, 2.45) is 5.41 Å². The standard InChI is InChI=1S/C22H34N2O3S/c1-20(2,3)27-19(25)24-13-11-22(12-14-24)15-16-9-7-8-10-17(16)18(22)23-28(26)21(4,5)6/h7-10,18,23H,11-15H2,1-6H3.